The standard InChI is InChI=1S/C22H20N8O3/c1-11-12(6-13(26-11)16-9-23-4-5-24-16)22(31)29-17-10-25-30-20(17)21-27-14-7-18(32-2)19(33-3)8-15(14)28-21/h4-5,7-10H,6H2,1-3H3,(H,25,30)(H,27,28)(H,29,31). The summed E-state index contributed by atoms with van der Waals surface area (Å²) in [5.74, 6) is 1.41. The van der Waals surface area contributed by atoms with Crippen molar-refractivity contribution in [1.82, 2.24) is 30.1 Å². The number of nitrogens with zero attached hydrogens (tertiary/aromatic N) is 5. The molecule has 3 aromatic heterocycles. The summed E-state index contributed by atoms with van der Waals surface area (Å²) in [5.41, 5.74) is 5.03. The normalized spacial score (nSPS) is 13.4. The van der Waals surface area contributed by atoms with Gasteiger partial charge in [-0.25, -0.2) is 4.98 Å². The van der Waals surface area contributed by atoms with Crippen molar-refractivity contribution >= 4 is 28.3 Å². The van der Waals surface area contributed by atoms with Gasteiger partial charge in [-0.1, -0.05) is 0 Å². The lowest BCUT2D eigenvalue weighted by molar-refractivity contribution is -0.112. The molecule has 4 heterocycles. The first-order chi connectivity index (χ1) is 16.1. The van der Waals surface area contributed by atoms with Crippen molar-refractivity contribution < 1.29 is 14.3 Å². The van der Waals surface area contributed by atoms with Gasteiger partial charge in [0.2, 0.25) is 0 Å². The minimum absolute atomic E-state index is 0.266. The number of anilines is 1. The van der Waals surface area contributed by atoms with Gasteiger partial charge in [0, 0.05) is 42.2 Å². The highest BCUT2D eigenvalue weighted by Crippen LogP contribution is 2.33. The van der Waals surface area contributed by atoms with Gasteiger partial charge < -0.3 is 19.8 Å². The van der Waals surface area contributed by atoms with Crippen LogP contribution in [0.15, 0.2) is 53.2 Å². The first-order valence-electron chi connectivity index (χ1n) is 10.1. The fourth-order valence-corrected chi connectivity index (χ4v) is 3.66. The van der Waals surface area contributed by atoms with Crippen molar-refractivity contribution in [1.29, 1.82) is 0 Å². The van der Waals surface area contributed by atoms with Gasteiger partial charge >= 0.3 is 0 Å². The molecule has 4 aromatic rings. The lowest BCUT2D eigenvalue weighted by atomic mass is 10.1. The molecule has 1 aliphatic heterocycles. The fraction of sp³-hybridized carbons (Fsp3) is 0.182. The largest absolute Gasteiger partial charge is 0.493 e. The number of nitrogens with one attached hydrogen (secondary N) is 3. The van der Waals surface area contributed by atoms with Gasteiger partial charge in [0.1, 0.15) is 11.4 Å². The van der Waals surface area contributed by atoms with E-state index in [9.17, 15) is 4.79 Å². The molecule has 1 aromatic carbocycles. The molecule has 1 aliphatic rings. The van der Waals surface area contributed by atoms with Crippen molar-refractivity contribution in [2.24, 2.45) is 4.99 Å². The molecule has 0 atom stereocenters. The van der Waals surface area contributed by atoms with Crippen LogP contribution in [-0.2, 0) is 4.79 Å². The Kier molecular flexibility index (Phi) is 5.05. The van der Waals surface area contributed by atoms with Gasteiger partial charge in [-0.05, 0) is 6.92 Å². The number of hydrogen-bond donors (Lipinski definition) is 3. The monoisotopic (exact) mass is 444 g/mol. The maximum absolute atomic E-state index is 13.0. The number of imidazole rings is 1. The molecule has 0 bridgehead atoms. The number of allylic oxidation sites excluding steroid dienone is 1. The van der Waals surface area contributed by atoms with E-state index in [4.69, 9.17) is 9.47 Å². The van der Waals surface area contributed by atoms with Gasteiger partial charge in [0.15, 0.2) is 17.3 Å². The molecule has 0 saturated heterocycles. The highest BCUT2D eigenvalue weighted by molar-refractivity contribution is 6.14. The third kappa shape index (κ3) is 3.69. The number of ether oxygens (including phenoxy) is 2. The number of rotatable bonds is 6. The number of carbonyl (C=O) groups is 1. The lowest BCUT2D eigenvalue weighted by Gasteiger charge is -2.06. The van der Waals surface area contributed by atoms with Crippen LogP contribution in [-0.4, -0.2) is 56.0 Å². The van der Waals surface area contributed by atoms with Crippen molar-refractivity contribution in [2.45, 2.75) is 13.3 Å². The van der Waals surface area contributed by atoms with Gasteiger partial charge in [-0.15, -0.1) is 0 Å². The van der Waals surface area contributed by atoms with E-state index in [1.54, 1.807) is 51.9 Å². The minimum Gasteiger partial charge on any atom is -0.493 e. The quantitative estimate of drug-likeness (QED) is 0.415. The summed E-state index contributed by atoms with van der Waals surface area (Å²) in [6.45, 7) is 1.80. The van der Waals surface area contributed by atoms with Crippen LogP contribution in [0.25, 0.3) is 22.6 Å². The molecule has 0 unspecified atom stereocenters. The van der Waals surface area contributed by atoms with Crippen molar-refractivity contribution in [2.75, 3.05) is 19.5 Å². The molecule has 0 saturated carbocycles. The number of benzene rings is 1. The van der Waals surface area contributed by atoms with Crippen LogP contribution in [0.5, 0.6) is 11.5 Å². The molecule has 0 fully saturated rings. The number of fused-ring (bicyclic) bond motifs is 1. The zero-order chi connectivity index (χ0) is 22.9. The number of carbonyl (C=O) groups excluding carboxylic acids is 1. The summed E-state index contributed by atoms with van der Waals surface area (Å²) in [5, 5.41) is 9.90. The Morgan fingerprint density at radius 1 is 1.12 bits per heavy atom. The highest BCUT2D eigenvalue weighted by Gasteiger charge is 2.25. The number of aromatic amines is 2. The van der Waals surface area contributed by atoms with E-state index in [-0.39, 0.29) is 5.91 Å². The van der Waals surface area contributed by atoms with Crippen LogP contribution in [0.2, 0.25) is 0 Å². The summed E-state index contributed by atoms with van der Waals surface area (Å²) in [6.07, 6.45) is 6.73. The zero-order valence-electron chi connectivity index (χ0n) is 18.1. The van der Waals surface area contributed by atoms with Gasteiger partial charge in [0.05, 0.1) is 49.0 Å². The molecule has 166 valence electrons. The Hall–Kier alpha value is -4.54. The van der Waals surface area contributed by atoms with E-state index in [1.807, 2.05) is 0 Å². The highest BCUT2D eigenvalue weighted by atomic mass is 16.5. The van der Waals surface area contributed by atoms with Crippen LogP contribution in [0.4, 0.5) is 5.69 Å². The average Bonchev–Trinajstić information content (AvgIpc) is 3.56. The predicted molar refractivity (Wildman–Crippen MR) is 121 cm³/mol. The van der Waals surface area contributed by atoms with E-state index in [0.717, 1.165) is 5.52 Å². The second kappa shape index (κ2) is 8.19. The van der Waals surface area contributed by atoms with Crippen molar-refractivity contribution in [3.05, 3.63) is 53.9 Å². The molecule has 0 aliphatic carbocycles. The van der Waals surface area contributed by atoms with Crippen LogP contribution < -0.4 is 14.8 Å². The summed E-state index contributed by atoms with van der Waals surface area (Å²) in [7, 11) is 3.14. The first kappa shape index (κ1) is 20.4. The summed E-state index contributed by atoms with van der Waals surface area (Å²) >= 11 is 0. The smallest absolute Gasteiger partial charge is 0.253 e. The van der Waals surface area contributed by atoms with E-state index in [1.165, 1.54) is 6.20 Å². The van der Waals surface area contributed by atoms with Crippen LogP contribution in [0.3, 0.4) is 0 Å². The molecular formula is C22H20N8O3. The Bertz CT molecular complexity index is 1380. The SMILES string of the molecule is COc1cc2nc(-c3[nH]ncc3NC(=O)C3=C(C)N=C(c4cnccn4)C3)[nH]c2cc1OC. The van der Waals surface area contributed by atoms with E-state index >= 15 is 0 Å². The first-order valence-corrected chi connectivity index (χ1v) is 10.1. The van der Waals surface area contributed by atoms with Gasteiger partial charge in [0.25, 0.3) is 5.91 Å². The maximum Gasteiger partial charge on any atom is 0.253 e. The van der Waals surface area contributed by atoms with E-state index in [0.29, 0.717) is 63.3 Å². The van der Waals surface area contributed by atoms with Crippen LogP contribution in [0.1, 0.15) is 19.0 Å². The van der Waals surface area contributed by atoms with Crippen molar-refractivity contribution in [3.63, 3.8) is 0 Å². The molecule has 0 spiro atoms. The minimum atomic E-state index is -0.266. The third-order valence-electron chi connectivity index (χ3n) is 5.33. The summed E-state index contributed by atoms with van der Waals surface area (Å²) < 4.78 is 10.7. The maximum atomic E-state index is 13.0. The Balaban J connectivity index is 1.39. The third-order valence-corrected chi connectivity index (χ3v) is 5.33. The second-order valence-electron chi connectivity index (χ2n) is 7.31. The van der Waals surface area contributed by atoms with E-state index in [2.05, 4.69) is 40.4 Å². The molecule has 11 nitrogen and oxygen atoms in total. The van der Waals surface area contributed by atoms with Crippen LogP contribution >= 0.6 is 0 Å². The Morgan fingerprint density at radius 2 is 1.94 bits per heavy atom. The lowest BCUT2D eigenvalue weighted by Crippen LogP contribution is -2.16. The average molecular weight is 444 g/mol. The number of H-pyrrole nitrogens is 2. The predicted octanol–water partition coefficient (Wildman–Crippen LogP) is 2.87. The summed E-state index contributed by atoms with van der Waals surface area (Å²) in [6, 6.07) is 3.58. The van der Waals surface area contributed by atoms with Gasteiger partial charge in [-0.3, -0.25) is 24.9 Å². The number of methoxy groups -OCH3 is 2. The summed E-state index contributed by atoms with van der Waals surface area (Å²) in [4.78, 5) is 33.7. The fourth-order valence-electron chi connectivity index (χ4n) is 3.66. The zero-order valence-corrected chi connectivity index (χ0v) is 18.1. The molecule has 11 heteroatoms. The topological polar surface area (TPSA) is 143 Å². The second-order valence-corrected chi connectivity index (χ2v) is 7.31. The van der Waals surface area contributed by atoms with Crippen LogP contribution in [0, 0.1) is 0 Å². The molecule has 3 N–H and O–H groups in total. The van der Waals surface area contributed by atoms with Crippen molar-refractivity contribution in [3.8, 4) is 23.0 Å². The molecule has 0 radical (unpaired) electrons. The molecule has 33 heavy (non-hydrogen) atoms. The number of hydrogen-bond acceptors (Lipinski definition) is 8. The Morgan fingerprint density at radius 3 is 2.70 bits per heavy atom. The molecule has 1 amide bonds. The molecular weight excluding hydrogens is 424 g/mol. The Labute approximate surface area is 188 Å². The number of aliphatic imine (C=N–C) groups is 1. The number of amides is 1. The van der Waals surface area contributed by atoms with E-state index < -0.39 is 0 Å². The molecule has 5 rings (SSSR count). The number of aromatic nitrogens is 6. The van der Waals surface area contributed by atoms with Gasteiger partial charge in [-0.2, -0.15) is 5.10 Å².